The van der Waals surface area contributed by atoms with Gasteiger partial charge < -0.3 is 20.0 Å². The molecule has 0 amide bonds. The van der Waals surface area contributed by atoms with Crippen molar-refractivity contribution in [3.8, 4) is 11.1 Å². The Morgan fingerprint density at radius 2 is 1.44 bits per heavy atom. The standard InChI is InChI=1S/C32H36N4/c1-22-15-24(3)32(25(4)16-22)26-17-27(33-20-34(5)29-12-8-7-11-23(29)2)19-28(18-26)36-21-35(6)30-13-9-10-14-31(30)36/h7-19,33H,20-21H2,1-6H3. The molecule has 0 spiro atoms. The third-order valence-electron chi connectivity index (χ3n) is 7.18. The van der Waals surface area contributed by atoms with E-state index in [0.29, 0.717) is 0 Å². The molecular formula is C32H36N4. The van der Waals surface area contributed by atoms with Crippen molar-refractivity contribution in [1.82, 2.24) is 0 Å². The van der Waals surface area contributed by atoms with Crippen LogP contribution in [0, 0.1) is 27.7 Å². The van der Waals surface area contributed by atoms with Gasteiger partial charge in [-0.3, -0.25) is 0 Å². The fraction of sp³-hybridized carbons (Fsp3) is 0.250. The molecule has 4 heteroatoms. The van der Waals surface area contributed by atoms with Crippen LogP contribution in [0.15, 0.2) is 78.9 Å². The molecule has 0 fully saturated rings. The molecule has 0 radical (unpaired) electrons. The second kappa shape index (κ2) is 9.62. The number of para-hydroxylation sites is 3. The molecule has 184 valence electrons. The van der Waals surface area contributed by atoms with Crippen LogP contribution in [0.4, 0.5) is 28.4 Å². The molecule has 0 aromatic heterocycles. The fourth-order valence-corrected chi connectivity index (χ4v) is 5.54. The fourth-order valence-electron chi connectivity index (χ4n) is 5.54. The summed E-state index contributed by atoms with van der Waals surface area (Å²) in [4.78, 5) is 6.99. The smallest absolute Gasteiger partial charge is 0.0950 e. The normalized spacial score (nSPS) is 12.6. The van der Waals surface area contributed by atoms with Crippen LogP contribution in [0.25, 0.3) is 11.1 Å². The molecule has 5 rings (SSSR count). The zero-order valence-electron chi connectivity index (χ0n) is 22.3. The predicted octanol–water partition coefficient (Wildman–Crippen LogP) is 7.64. The first kappa shape index (κ1) is 23.8. The topological polar surface area (TPSA) is 21.8 Å². The maximum absolute atomic E-state index is 3.72. The van der Waals surface area contributed by atoms with Gasteiger partial charge >= 0.3 is 0 Å². The SMILES string of the molecule is Cc1cc(C)c(-c2cc(NCN(C)c3ccccc3C)cc(N3CN(C)c4ccccc43)c2)c(C)c1. The number of rotatable bonds is 6. The number of aryl methyl sites for hydroxylation is 4. The van der Waals surface area contributed by atoms with Crippen LogP contribution in [0.3, 0.4) is 0 Å². The molecule has 1 aliphatic heterocycles. The van der Waals surface area contributed by atoms with Gasteiger partial charge in [0.15, 0.2) is 0 Å². The first-order valence-corrected chi connectivity index (χ1v) is 12.6. The molecule has 0 unspecified atom stereocenters. The number of anilines is 5. The van der Waals surface area contributed by atoms with Crippen LogP contribution in [0.1, 0.15) is 22.3 Å². The van der Waals surface area contributed by atoms with Crippen molar-refractivity contribution in [2.24, 2.45) is 0 Å². The summed E-state index contributed by atoms with van der Waals surface area (Å²) >= 11 is 0. The molecule has 0 bridgehead atoms. The average molecular weight is 477 g/mol. The van der Waals surface area contributed by atoms with E-state index in [9.17, 15) is 0 Å². The highest BCUT2D eigenvalue weighted by Gasteiger charge is 2.25. The molecule has 1 heterocycles. The lowest BCUT2D eigenvalue weighted by atomic mass is 9.93. The van der Waals surface area contributed by atoms with Gasteiger partial charge in [0.1, 0.15) is 0 Å². The van der Waals surface area contributed by atoms with Crippen molar-refractivity contribution < 1.29 is 0 Å². The highest BCUT2D eigenvalue weighted by Crippen LogP contribution is 2.42. The highest BCUT2D eigenvalue weighted by molar-refractivity contribution is 5.86. The van der Waals surface area contributed by atoms with E-state index in [1.54, 1.807) is 0 Å². The Hall–Kier alpha value is -3.92. The molecule has 1 N–H and O–H groups in total. The number of benzene rings is 4. The predicted molar refractivity (Wildman–Crippen MR) is 156 cm³/mol. The van der Waals surface area contributed by atoms with Crippen molar-refractivity contribution in [2.75, 3.05) is 47.4 Å². The first-order valence-electron chi connectivity index (χ1n) is 12.6. The molecule has 36 heavy (non-hydrogen) atoms. The van der Waals surface area contributed by atoms with Crippen molar-refractivity contribution in [1.29, 1.82) is 0 Å². The summed E-state index contributed by atoms with van der Waals surface area (Å²) in [5.74, 6) is 0. The quantitative estimate of drug-likeness (QED) is 0.289. The third kappa shape index (κ3) is 4.51. The molecule has 4 aromatic carbocycles. The Bertz CT molecular complexity index is 1380. The number of hydrogen-bond acceptors (Lipinski definition) is 4. The van der Waals surface area contributed by atoms with Crippen LogP contribution in [0.5, 0.6) is 0 Å². The van der Waals surface area contributed by atoms with Gasteiger partial charge in [-0.15, -0.1) is 0 Å². The van der Waals surface area contributed by atoms with Gasteiger partial charge in [0, 0.05) is 31.2 Å². The highest BCUT2D eigenvalue weighted by atomic mass is 15.4. The van der Waals surface area contributed by atoms with E-state index in [0.717, 1.165) is 19.0 Å². The van der Waals surface area contributed by atoms with Crippen LogP contribution >= 0.6 is 0 Å². The maximum atomic E-state index is 3.72. The second-order valence-corrected chi connectivity index (χ2v) is 10.1. The number of hydrogen-bond donors (Lipinski definition) is 1. The third-order valence-corrected chi connectivity index (χ3v) is 7.18. The summed E-state index contributed by atoms with van der Waals surface area (Å²) in [6, 6.07) is 28.7. The van der Waals surface area contributed by atoms with Gasteiger partial charge in [0.05, 0.1) is 24.7 Å². The Labute approximate surface area is 215 Å². The second-order valence-electron chi connectivity index (χ2n) is 10.1. The van der Waals surface area contributed by atoms with Gasteiger partial charge in [-0.2, -0.15) is 0 Å². The molecule has 0 atom stereocenters. The number of fused-ring (bicyclic) bond motifs is 1. The van der Waals surface area contributed by atoms with E-state index in [4.69, 9.17) is 0 Å². The van der Waals surface area contributed by atoms with Gasteiger partial charge in [-0.05, 0) is 91.9 Å². The minimum atomic E-state index is 0.718. The zero-order chi connectivity index (χ0) is 25.4. The van der Waals surface area contributed by atoms with Crippen LogP contribution in [-0.4, -0.2) is 27.4 Å². The van der Waals surface area contributed by atoms with Crippen LogP contribution < -0.4 is 20.0 Å². The molecule has 1 aliphatic rings. The molecule has 4 nitrogen and oxygen atoms in total. The summed E-state index contributed by atoms with van der Waals surface area (Å²) in [5.41, 5.74) is 13.8. The lowest BCUT2D eigenvalue weighted by Gasteiger charge is -2.25. The molecule has 0 aliphatic carbocycles. The van der Waals surface area contributed by atoms with E-state index < -0.39 is 0 Å². The minimum Gasteiger partial charge on any atom is -0.368 e. The Kier molecular flexibility index (Phi) is 6.36. The van der Waals surface area contributed by atoms with E-state index in [-0.39, 0.29) is 0 Å². The zero-order valence-corrected chi connectivity index (χ0v) is 22.3. The van der Waals surface area contributed by atoms with Crippen molar-refractivity contribution in [3.05, 3.63) is 101 Å². The van der Waals surface area contributed by atoms with Crippen LogP contribution in [-0.2, 0) is 0 Å². The molecule has 0 saturated carbocycles. The van der Waals surface area contributed by atoms with Gasteiger partial charge in [0.25, 0.3) is 0 Å². The monoisotopic (exact) mass is 476 g/mol. The lowest BCUT2D eigenvalue weighted by Crippen LogP contribution is -2.26. The Morgan fingerprint density at radius 1 is 0.778 bits per heavy atom. The summed E-state index contributed by atoms with van der Waals surface area (Å²) in [5, 5.41) is 3.72. The lowest BCUT2D eigenvalue weighted by molar-refractivity contribution is 0.948. The van der Waals surface area contributed by atoms with E-state index in [1.165, 1.54) is 56.1 Å². The van der Waals surface area contributed by atoms with E-state index >= 15 is 0 Å². The summed E-state index contributed by atoms with van der Waals surface area (Å²) < 4.78 is 0. The largest absolute Gasteiger partial charge is 0.368 e. The summed E-state index contributed by atoms with van der Waals surface area (Å²) in [6.45, 7) is 10.3. The number of nitrogens with zero attached hydrogens (tertiary/aromatic N) is 3. The molecular weight excluding hydrogens is 440 g/mol. The average Bonchev–Trinajstić information content (AvgIpc) is 3.19. The van der Waals surface area contributed by atoms with E-state index in [2.05, 4.69) is 141 Å². The Balaban J connectivity index is 1.55. The van der Waals surface area contributed by atoms with Crippen LogP contribution in [0.2, 0.25) is 0 Å². The maximum Gasteiger partial charge on any atom is 0.0950 e. The van der Waals surface area contributed by atoms with Gasteiger partial charge in [-0.1, -0.05) is 48.0 Å². The van der Waals surface area contributed by atoms with Gasteiger partial charge in [-0.25, -0.2) is 0 Å². The minimum absolute atomic E-state index is 0.718. The first-order chi connectivity index (χ1) is 17.3. The summed E-state index contributed by atoms with van der Waals surface area (Å²) in [7, 11) is 4.30. The van der Waals surface area contributed by atoms with Crippen molar-refractivity contribution in [2.45, 2.75) is 27.7 Å². The van der Waals surface area contributed by atoms with Gasteiger partial charge in [0.2, 0.25) is 0 Å². The van der Waals surface area contributed by atoms with Crippen molar-refractivity contribution >= 4 is 28.4 Å². The molecule has 4 aromatic rings. The Morgan fingerprint density at radius 3 is 2.17 bits per heavy atom. The van der Waals surface area contributed by atoms with E-state index in [1.807, 2.05) is 0 Å². The molecule has 0 saturated heterocycles. The summed E-state index contributed by atoms with van der Waals surface area (Å²) in [6.07, 6.45) is 0. The number of nitrogens with one attached hydrogen (secondary N) is 1. The van der Waals surface area contributed by atoms with Crippen molar-refractivity contribution in [3.63, 3.8) is 0 Å².